The average molecular weight is 336 g/mol. The highest BCUT2D eigenvalue weighted by atomic mass is 19.1. The van der Waals surface area contributed by atoms with Gasteiger partial charge in [-0.3, -0.25) is 0 Å². The van der Waals surface area contributed by atoms with Crippen molar-refractivity contribution in [2.75, 3.05) is 0 Å². The zero-order valence-corrected chi connectivity index (χ0v) is 14.7. The maximum atomic E-state index is 14.6. The van der Waals surface area contributed by atoms with Crippen LogP contribution in [0.15, 0.2) is 60.7 Å². The van der Waals surface area contributed by atoms with E-state index in [2.05, 4.69) is 13.8 Å². The molecule has 0 amide bonds. The third kappa shape index (κ3) is 3.79. The molecule has 0 nitrogen and oxygen atoms in total. The third-order valence-electron chi connectivity index (χ3n) is 4.53. The van der Waals surface area contributed by atoms with Gasteiger partial charge in [0.25, 0.3) is 0 Å². The predicted octanol–water partition coefficient (Wildman–Crippen LogP) is 6.81. The van der Waals surface area contributed by atoms with Crippen molar-refractivity contribution in [1.29, 1.82) is 0 Å². The summed E-state index contributed by atoms with van der Waals surface area (Å²) in [6.45, 7) is 4.15. The highest BCUT2D eigenvalue weighted by molar-refractivity contribution is 5.71. The van der Waals surface area contributed by atoms with Crippen LogP contribution in [0.5, 0.6) is 0 Å². The van der Waals surface area contributed by atoms with Crippen molar-refractivity contribution in [3.05, 3.63) is 83.4 Å². The van der Waals surface area contributed by atoms with E-state index in [9.17, 15) is 8.78 Å². The summed E-state index contributed by atoms with van der Waals surface area (Å²) in [4.78, 5) is 0. The zero-order chi connectivity index (χ0) is 17.8. The fourth-order valence-corrected chi connectivity index (χ4v) is 3.07. The molecule has 0 radical (unpaired) electrons. The van der Waals surface area contributed by atoms with Gasteiger partial charge in [0.1, 0.15) is 11.6 Å². The van der Waals surface area contributed by atoms with Crippen LogP contribution in [0.1, 0.15) is 31.4 Å². The van der Waals surface area contributed by atoms with E-state index >= 15 is 0 Å². The van der Waals surface area contributed by atoms with Crippen LogP contribution in [0.2, 0.25) is 0 Å². The number of benzene rings is 3. The van der Waals surface area contributed by atoms with Crippen LogP contribution in [0.3, 0.4) is 0 Å². The molecule has 3 rings (SSSR count). The molecule has 3 aromatic rings. The van der Waals surface area contributed by atoms with E-state index in [0.29, 0.717) is 11.1 Å². The lowest BCUT2D eigenvalue weighted by Gasteiger charge is -2.10. The van der Waals surface area contributed by atoms with Gasteiger partial charge in [0, 0.05) is 11.1 Å². The normalized spacial score (nSPS) is 10.9. The highest BCUT2D eigenvalue weighted by Gasteiger charge is 2.12. The largest absolute Gasteiger partial charge is 0.206 e. The molecule has 25 heavy (non-hydrogen) atoms. The van der Waals surface area contributed by atoms with Crippen molar-refractivity contribution < 1.29 is 8.78 Å². The van der Waals surface area contributed by atoms with Gasteiger partial charge in [0.2, 0.25) is 0 Å². The van der Waals surface area contributed by atoms with E-state index in [1.807, 2.05) is 36.4 Å². The second kappa shape index (κ2) is 7.60. The minimum atomic E-state index is -0.404. The van der Waals surface area contributed by atoms with Crippen molar-refractivity contribution >= 4 is 0 Å². The molecule has 0 aromatic heterocycles. The summed E-state index contributed by atoms with van der Waals surface area (Å²) in [5.74, 6) is -0.774. The number of hydrogen-bond donors (Lipinski definition) is 0. The van der Waals surface area contributed by atoms with Gasteiger partial charge in [-0.1, -0.05) is 68.8 Å². The summed E-state index contributed by atoms with van der Waals surface area (Å²) in [5.41, 5.74) is 4.56. The quantitative estimate of drug-likeness (QED) is 0.480. The van der Waals surface area contributed by atoms with Crippen molar-refractivity contribution in [3.8, 4) is 22.3 Å². The predicted molar refractivity (Wildman–Crippen MR) is 101 cm³/mol. The van der Waals surface area contributed by atoms with E-state index in [1.54, 1.807) is 12.1 Å². The average Bonchev–Trinajstić information content (AvgIpc) is 2.63. The van der Waals surface area contributed by atoms with Crippen LogP contribution in [0.4, 0.5) is 8.78 Å². The Morgan fingerprint density at radius 1 is 0.640 bits per heavy atom. The van der Waals surface area contributed by atoms with Crippen LogP contribution in [0, 0.1) is 11.6 Å². The molecule has 0 fully saturated rings. The van der Waals surface area contributed by atoms with Gasteiger partial charge in [-0.05, 0) is 47.2 Å². The lowest BCUT2D eigenvalue weighted by Crippen LogP contribution is -1.92. The molecular weight excluding hydrogens is 314 g/mol. The lowest BCUT2D eigenvalue weighted by molar-refractivity contribution is 0.615. The molecule has 0 bridgehead atoms. The molecule has 3 aromatic carbocycles. The van der Waals surface area contributed by atoms with Crippen LogP contribution < -0.4 is 0 Å². The van der Waals surface area contributed by atoms with Crippen LogP contribution in [0.25, 0.3) is 22.3 Å². The fourth-order valence-electron chi connectivity index (χ4n) is 3.07. The Balaban J connectivity index is 1.94. The van der Waals surface area contributed by atoms with Crippen molar-refractivity contribution in [3.63, 3.8) is 0 Å². The second-order valence-corrected chi connectivity index (χ2v) is 6.31. The van der Waals surface area contributed by atoms with Gasteiger partial charge < -0.3 is 0 Å². The highest BCUT2D eigenvalue weighted by Crippen LogP contribution is 2.30. The molecule has 0 spiro atoms. The Bertz CT molecular complexity index is 864. The smallest absolute Gasteiger partial charge is 0.131 e. The second-order valence-electron chi connectivity index (χ2n) is 6.31. The van der Waals surface area contributed by atoms with Gasteiger partial charge in [-0.25, -0.2) is 8.78 Å². The molecule has 0 saturated heterocycles. The van der Waals surface area contributed by atoms with Crippen molar-refractivity contribution in [2.24, 2.45) is 0 Å². The first kappa shape index (κ1) is 17.3. The maximum Gasteiger partial charge on any atom is 0.131 e. The molecule has 0 aliphatic heterocycles. The third-order valence-corrected chi connectivity index (χ3v) is 4.53. The van der Waals surface area contributed by atoms with Gasteiger partial charge >= 0.3 is 0 Å². The molecule has 128 valence electrons. The van der Waals surface area contributed by atoms with Crippen LogP contribution >= 0.6 is 0 Å². The molecular formula is C23H22F2. The summed E-state index contributed by atoms with van der Waals surface area (Å²) in [6.07, 6.45) is 2.76. The molecule has 2 heteroatoms. The first-order valence-electron chi connectivity index (χ1n) is 8.80. The van der Waals surface area contributed by atoms with Crippen molar-refractivity contribution in [2.45, 2.75) is 33.1 Å². The Hall–Kier alpha value is -2.48. The van der Waals surface area contributed by atoms with Crippen molar-refractivity contribution in [1.82, 2.24) is 0 Å². The standard InChI is InChI=1S/C23H22F2/c1-3-5-17-8-12-20(22(24)14-17)21-13-11-19(15-23(21)25)18-9-6-16(4-2)7-10-18/h6-15H,3-5H2,1-2H3. The Kier molecular flexibility index (Phi) is 5.28. The monoisotopic (exact) mass is 336 g/mol. The van der Waals surface area contributed by atoms with E-state index in [4.69, 9.17) is 0 Å². The van der Waals surface area contributed by atoms with Gasteiger partial charge in [0.05, 0.1) is 0 Å². The maximum absolute atomic E-state index is 14.6. The first-order valence-corrected chi connectivity index (χ1v) is 8.80. The number of hydrogen-bond acceptors (Lipinski definition) is 0. The summed E-state index contributed by atoms with van der Waals surface area (Å²) in [5, 5.41) is 0. The van der Waals surface area contributed by atoms with Gasteiger partial charge in [0.15, 0.2) is 0 Å². The van der Waals surface area contributed by atoms with E-state index in [0.717, 1.165) is 36.0 Å². The van der Waals surface area contributed by atoms with Crippen LogP contribution in [-0.4, -0.2) is 0 Å². The number of halogens is 2. The first-order chi connectivity index (χ1) is 12.1. The minimum absolute atomic E-state index is 0.300. The Morgan fingerprint density at radius 3 is 1.76 bits per heavy atom. The number of aryl methyl sites for hydroxylation is 2. The Labute approximate surface area is 148 Å². The topological polar surface area (TPSA) is 0 Å². The summed E-state index contributed by atoms with van der Waals surface area (Å²) in [6, 6.07) is 18.1. The van der Waals surface area contributed by atoms with E-state index in [-0.39, 0.29) is 5.82 Å². The summed E-state index contributed by atoms with van der Waals surface area (Å²) >= 11 is 0. The zero-order valence-electron chi connectivity index (χ0n) is 14.7. The Morgan fingerprint density at radius 2 is 1.20 bits per heavy atom. The fraction of sp³-hybridized carbons (Fsp3) is 0.217. The molecule has 0 atom stereocenters. The number of rotatable bonds is 5. The molecule has 0 heterocycles. The van der Waals surface area contributed by atoms with E-state index in [1.165, 1.54) is 17.7 Å². The minimum Gasteiger partial charge on any atom is -0.206 e. The SMILES string of the molecule is CCCc1ccc(-c2ccc(-c3ccc(CC)cc3)cc2F)c(F)c1. The van der Waals surface area contributed by atoms with Gasteiger partial charge in [-0.15, -0.1) is 0 Å². The molecule has 0 unspecified atom stereocenters. The molecule has 0 aliphatic carbocycles. The van der Waals surface area contributed by atoms with E-state index < -0.39 is 5.82 Å². The van der Waals surface area contributed by atoms with Crippen LogP contribution in [-0.2, 0) is 12.8 Å². The summed E-state index contributed by atoms with van der Waals surface area (Å²) < 4.78 is 29.0. The lowest BCUT2D eigenvalue weighted by atomic mass is 9.97. The molecule has 0 saturated carbocycles. The van der Waals surface area contributed by atoms with Gasteiger partial charge in [-0.2, -0.15) is 0 Å². The molecule has 0 aliphatic rings. The molecule has 0 N–H and O–H groups in total. The summed E-state index contributed by atoms with van der Waals surface area (Å²) in [7, 11) is 0.